The average molecular weight is 504 g/mol. The molecule has 5 aromatic rings. The first kappa shape index (κ1) is 24.1. The Hall–Kier alpha value is -4.60. The van der Waals surface area contributed by atoms with E-state index >= 15 is 0 Å². The van der Waals surface area contributed by atoms with Crippen molar-refractivity contribution in [2.45, 2.75) is 33.7 Å². The lowest BCUT2D eigenvalue weighted by Gasteiger charge is -2.20. The summed E-state index contributed by atoms with van der Waals surface area (Å²) < 4.78 is 38.4. The zero-order valence-corrected chi connectivity index (χ0v) is 20.4. The van der Waals surface area contributed by atoms with E-state index in [-0.39, 0.29) is 28.1 Å². The van der Waals surface area contributed by atoms with Crippen LogP contribution in [0.25, 0.3) is 33.8 Å². The highest BCUT2D eigenvalue weighted by atomic mass is 19.2. The van der Waals surface area contributed by atoms with Gasteiger partial charge >= 0.3 is 5.76 Å². The topological polar surface area (TPSA) is 114 Å². The van der Waals surface area contributed by atoms with Gasteiger partial charge in [0.1, 0.15) is 17.0 Å². The number of nitrogens with one attached hydrogen (secondary N) is 2. The van der Waals surface area contributed by atoms with Crippen LogP contribution in [0.3, 0.4) is 0 Å². The molecule has 0 spiro atoms. The number of hydrogen-bond donors (Lipinski definition) is 2. The lowest BCUT2D eigenvalue weighted by molar-refractivity contribution is 0.388. The first-order valence-corrected chi connectivity index (χ1v) is 11.5. The molecule has 37 heavy (non-hydrogen) atoms. The molecule has 3 aromatic heterocycles. The molecule has 8 nitrogen and oxygen atoms in total. The van der Waals surface area contributed by atoms with E-state index in [1.807, 2.05) is 19.9 Å². The fraction of sp³-hybridized carbons (Fsp3) is 0.185. The van der Waals surface area contributed by atoms with E-state index in [1.54, 1.807) is 32.0 Å². The van der Waals surface area contributed by atoms with Crippen molar-refractivity contribution in [1.29, 1.82) is 0 Å². The molecular formula is C27H22F2N4O4. The van der Waals surface area contributed by atoms with Crippen molar-refractivity contribution >= 4 is 16.7 Å². The first-order chi connectivity index (χ1) is 17.6. The molecule has 3 heterocycles. The number of halogens is 2. The van der Waals surface area contributed by atoms with Crippen LogP contribution in [0.5, 0.6) is 0 Å². The highest BCUT2D eigenvalue weighted by Gasteiger charge is 2.21. The molecule has 0 aliphatic heterocycles. The summed E-state index contributed by atoms with van der Waals surface area (Å²) in [6, 6.07) is 10.2. The Balaban J connectivity index is 1.65. The van der Waals surface area contributed by atoms with Gasteiger partial charge in [0, 0.05) is 22.4 Å². The van der Waals surface area contributed by atoms with Gasteiger partial charge in [-0.15, -0.1) is 0 Å². The van der Waals surface area contributed by atoms with Gasteiger partial charge in [0.25, 0.3) is 0 Å². The molecule has 0 bridgehead atoms. The number of nitrogens with zero attached hydrogens (tertiary/aromatic N) is 2. The minimum atomic E-state index is -1.04. The summed E-state index contributed by atoms with van der Waals surface area (Å²) in [7, 11) is 0. The number of aromatic amines is 1. The van der Waals surface area contributed by atoms with Crippen LogP contribution in [0.15, 0.2) is 61.0 Å². The van der Waals surface area contributed by atoms with E-state index in [1.165, 1.54) is 6.07 Å². The Morgan fingerprint density at radius 3 is 2.49 bits per heavy atom. The van der Waals surface area contributed by atoms with Gasteiger partial charge in [0.05, 0.1) is 17.1 Å². The van der Waals surface area contributed by atoms with Crippen LogP contribution in [0.1, 0.15) is 35.3 Å². The van der Waals surface area contributed by atoms with E-state index in [4.69, 9.17) is 4.42 Å². The van der Waals surface area contributed by atoms with Crippen molar-refractivity contribution in [3.8, 4) is 22.8 Å². The van der Waals surface area contributed by atoms with E-state index < -0.39 is 23.4 Å². The molecule has 0 aliphatic rings. The molecule has 0 saturated carbocycles. The summed E-state index contributed by atoms with van der Waals surface area (Å²) in [5.41, 5.74) is 3.74. The molecule has 0 fully saturated rings. The van der Waals surface area contributed by atoms with Gasteiger partial charge in [-0.25, -0.2) is 18.6 Å². The summed E-state index contributed by atoms with van der Waals surface area (Å²) in [5, 5.41) is 7.47. The number of rotatable bonds is 5. The molecule has 188 valence electrons. The average Bonchev–Trinajstić information content (AvgIpc) is 3.30. The standard InChI is InChI=1S/C27H22F2N4O4/c1-12-9-17(15(4)31-21-8-5-13(2)30-22(21)26-32-27(35)37-33-26)25-18(10-12)23(34)14(3)24(36-25)16-6-7-19(28)20(29)11-16/h5-11,15,31H,1-4H3,(H,32,33,35). The number of H-pyrrole nitrogens is 1. The number of fused-ring (bicyclic) bond motifs is 1. The molecule has 0 radical (unpaired) electrons. The SMILES string of the molecule is Cc1cc(C(C)Nc2ccc(C)nc2-c2noc(=O)[nH]2)c2oc(-c3ccc(F)c(F)c3)c(C)c(=O)c2c1. The zero-order valence-electron chi connectivity index (χ0n) is 20.4. The van der Waals surface area contributed by atoms with Crippen molar-refractivity contribution in [3.63, 3.8) is 0 Å². The van der Waals surface area contributed by atoms with E-state index in [2.05, 4.69) is 25.0 Å². The van der Waals surface area contributed by atoms with Crippen LogP contribution < -0.4 is 16.5 Å². The van der Waals surface area contributed by atoms with Gasteiger partial charge in [0.15, 0.2) is 17.1 Å². The van der Waals surface area contributed by atoms with Gasteiger partial charge in [-0.2, -0.15) is 0 Å². The fourth-order valence-electron chi connectivity index (χ4n) is 4.30. The minimum Gasteiger partial charge on any atom is -0.455 e. The van der Waals surface area contributed by atoms with Gasteiger partial charge < -0.3 is 9.73 Å². The third-order valence-electron chi connectivity index (χ3n) is 6.11. The Kier molecular flexibility index (Phi) is 5.94. The quantitative estimate of drug-likeness (QED) is 0.321. The molecule has 2 N–H and O–H groups in total. The normalized spacial score (nSPS) is 12.2. The second kappa shape index (κ2) is 9.12. The molecule has 10 heteroatoms. The highest BCUT2D eigenvalue weighted by Crippen LogP contribution is 2.34. The van der Waals surface area contributed by atoms with Crippen LogP contribution >= 0.6 is 0 Å². The largest absolute Gasteiger partial charge is 0.455 e. The molecule has 0 saturated heterocycles. The predicted molar refractivity (Wildman–Crippen MR) is 134 cm³/mol. The Morgan fingerprint density at radius 1 is 1.00 bits per heavy atom. The monoisotopic (exact) mass is 504 g/mol. The first-order valence-electron chi connectivity index (χ1n) is 11.5. The lowest BCUT2D eigenvalue weighted by atomic mass is 9.98. The lowest BCUT2D eigenvalue weighted by Crippen LogP contribution is -2.13. The van der Waals surface area contributed by atoms with Crippen molar-refractivity contribution < 1.29 is 17.7 Å². The second-order valence-corrected chi connectivity index (χ2v) is 8.90. The Bertz CT molecular complexity index is 1790. The van der Waals surface area contributed by atoms with Crippen molar-refractivity contribution in [2.24, 2.45) is 0 Å². The zero-order chi connectivity index (χ0) is 26.4. The van der Waals surface area contributed by atoms with Crippen molar-refractivity contribution in [3.05, 3.63) is 97.3 Å². The number of anilines is 1. The van der Waals surface area contributed by atoms with E-state index in [9.17, 15) is 18.4 Å². The van der Waals surface area contributed by atoms with E-state index in [0.717, 1.165) is 17.7 Å². The van der Waals surface area contributed by atoms with Crippen LogP contribution in [0.4, 0.5) is 14.5 Å². The highest BCUT2D eigenvalue weighted by molar-refractivity contribution is 5.85. The summed E-state index contributed by atoms with van der Waals surface area (Å²) in [5.74, 6) is -2.41. The number of benzene rings is 2. The Morgan fingerprint density at radius 2 is 1.78 bits per heavy atom. The summed E-state index contributed by atoms with van der Waals surface area (Å²) in [6.07, 6.45) is 0. The third-order valence-corrected chi connectivity index (χ3v) is 6.11. The fourth-order valence-corrected chi connectivity index (χ4v) is 4.30. The molecule has 5 rings (SSSR count). The van der Waals surface area contributed by atoms with Crippen LogP contribution in [-0.2, 0) is 0 Å². The molecule has 1 atom stereocenters. The maximum absolute atomic E-state index is 14.0. The molecular weight excluding hydrogens is 482 g/mol. The maximum atomic E-state index is 14.0. The maximum Gasteiger partial charge on any atom is 0.439 e. The van der Waals surface area contributed by atoms with E-state index in [0.29, 0.717) is 33.6 Å². The van der Waals surface area contributed by atoms with Gasteiger partial charge in [-0.05, 0) is 69.7 Å². The molecule has 2 aromatic carbocycles. The van der Waals surface area contributed by atoms with Crippen molar-refractivity contribution in [2.75, 3.05) is 5.32 Å². The molecule has 0 amide bonds. The van der Waals surface area contributed by atoms with Crippen molar-refractivity contribution in [1.82, 2.24) is 15.1 Å². The third kappa shape index (κ3) is 4.42. The van der Waals surface area contributed by atoms with Crippen LogP contribution in [-0.4, -0.2) is 15.1 Å². The summed E-state index contributed by atoms with van der Waals surface area (Å²) in [6.45, 7) is 7.14. The smallest absolute Gasteiger partial charge is 0.439 e. The molecule has 1 unspecified atom stereocenters. The number of hydrogen-bond acceptors (Lipinski definition) is 7. The summed E-state index contributed by atoms with van der Waals surface area (Å²) in [4.78, 5) is 31.8. The summed E-state index contributed by atoms with van der Waals surface area (Å²) >= 11 is 0. The molecule has 0 aliphatic carbocycles. The van der Waals surface area contributed by atoms with Gasteiger partial charge in [0.2, 0.25) is 5.82 Å². The number of aryl methyl sites for hydroxylation is 2. The van der Waals surface area contributed by atoms with Gasteiger partial charge in [-0.3, -0.25) is 14.3 Å². The number of aromatic nitrogens is 3. The second-order valence-electron chi connectivity index (χ2n) is 8.90. The predicted octanol–water partition coefficient (Wildman–Crippen LogP) is 5.57. The van der Waals surface area contributed by atoms with Crippen LogP contribution in [0.2, 0.25) is 0 Å². The minimum absolute atomic E-state index is 0.159. The Labute approximate surface area is 209 Å². The number of pyridine rings is 1. The van der Waals surface area contributed by atoms with Crippen LogP contribution in [0, 0.1) is 32.4 Å². The van der Waals surface area contributed by atoms with Gasteiger partial charge in [-0.1, -0.05) is 11.2 Å².